The van der Waals surface area contributed by atoms with Crippen LogP contribution in [0.1, 0.15) is 69.5 Å². The second-order valence-electron chi connectivity index (χ2n) is 11.8. The first-order valence-electron chi connectivity index (χ1n) is 16.8. The molecule has 3 heterocycles. The van der Waals surface area contributed by atoms with Gasteiger partial charge in [0, 0.05) is 63.9 Å². The van der Waals surface area contributed by atoms with Crippen molar-refractivity contribution in [3.05, 3.63) is 52.8 Å². The predicted octanol–water partition coefficient (Wildman–Crippen LogP) is 2.41. The molecule has 0 bridgehead atoms. The summed E-state index contributed by atoms with van der Waals surface area (Å²) in [5.74, 6) is -0.122. The van der Waals surface area contributed by atoms with Crippen molar-refractivity contribution in [3.8, 4) is 11.5 Å². The molecule has 2 aromatic carbocycles. The van der Waals surface area contributed by atoms with Crippen LogP contribution in [0.2, 0.25) is 0 Å². The fourth-order valence-electron chi connectivity index (χ4n) is 5.85. The van der Waals surface area contributed by atoms with E-state index in [2.05, 4.69) is 20.7 Å². The van der Waals surface area contributed by atoms with Crippen LogP contribution in [-0.4, -0.2) is 90.3 Å². The van der Waals surface area contributed by atoms with E-state index in [0.29, 0.717) is 96.2 Å². The van der Waals surface area contributed by atoms with Crippen LogP contribution in [0.3, 0.4) is 0 Å². The highest BCUT2D eigenvalue weighted by atomic mass is 16.5. The van der Waals surface area contributed by atoms with Crippen molar-refractivity contribution in [2.75, 3.05) is 44.1 Å². The first-order valence-corrected chi connectivity index (χ1v) is 16.8. The number of nitrogens with zero attached hydrogens (tertiary/aromatic N) is 6. The molecule has 5 rings (SSSR count). The topological polar surface area (TPSA) is 240 Å². The zero-order valence-electron chi connectivity index (χ0n) is 28.9. The number of ether oxygens (including phenoxy) is 2. The molecule has 0 atom stereocenters. The SMILES string of the molecule is CCn1nc(C)cc1C(=O)Nc1nc2cc(C(N)=O)cc(OCCCO)c2n1CCCCn1c(NC)nc2cc(C(N)=O)cc(OCCCO)c21. The van der Waals surface area contributed by atoms with Crippen molar-refractivity contribution in [2.24, 2.45) is 11.5 Å². The van der Waals surface area contributed by atoms with E-state index in [9.17, 15) is 24.6 Å². The summed E-state index contributed by atoms with van der Waals surface area (Å²) >= 11 is 0. The number of rotatable bonds is 19. The Balaban J connectivity index is 1.49. The highest BCUT2D eigenvalue weighted by molar-refractivity contribution is 6.04. The van der Waals surface area contributed by atoms with Gasteiger partial charge in [0.25, 0.3) is 5.91 Å². The second-order valence-corrected chi connectivity index (χ2v) is 11.8. The van der Waals surface area contributed by atoms with Gasteiger partial charge < -0.3 is 45.6 Å². The molecule has 0 saturated carbocycles. The minimum absolute atomic E-state index is 0.0506. The Kier molecular flexibility index (Phi) is 11.7. The van der Waals surface area contributed by atoms with E-state index in [1.165, 1.54) is 6.07 Å². The van der Waals surface area contributed by atoms with Gasteiger partial charge in [0.05, 0.1) is 29.9 Å². The molecule has 0 saturated heterocycles. The average molecular weight is 705 g/mol. The fourth-order valence-corrected chi connectivity index (χ4v) is 5.85. The number of aliphatic hydroxyl groups is 2. The van der Waals surface area contributed by atoms with Gasteiger partial charge in [-0.2, -0.15) is 5.10 Å². The number of hydrogen-bond donors (Lipinski definition) is 6. The van der Waals surface area contributed by atoms with Gasteiger partial charge in [0.2, 0.25) is 23.7 Å². The maximum absolute atomic E-state index is 13.5. The molecule has 0 fully saturated rings. The number of amides is 3. The number of primary amides is 2. The lowest BCUT2D eigenvalue weighted by atomic mass is 10.1. The molecule has 0 unspecified atom stereocenters. The Morgan fingerprint density at radius 1 is 0.784 bits per heavy atom. The second kappa shape index (κ2) is 16.4. The lowest BCUT2D eigenvalue weighted by Gasteiger charge is -2.15. The molecule has 0 aliphatic carbocycles. The molecular formula is C34H44N10O7. The molecule has 0 radical (unpaired) electrons. The van der Waals surface area contributed by atoms with Crippen molar-refractivity contribution < 1.29 is 34.1 Å². The molecule has 272 valence electrons. The molecule has 8 N–H and O–H groups in total. The Morgan fingerprint density at radius 3 is 1.76 bits per heavy atom. The van der Waals surface area contributed by atoms with Gasteiger partial charge >= 0.3 is 0 Å². The minimum Gasteiger partial charge on any atom is -0.491 e. The standard InChI is InChI=1S/C34H44N10O7/c1-4-44-25(15-20(2)41-44)32(49)40-34-39-24-17-22(31(36)48)19-27(51-14-8-12-46)29(24)43(34)10-6-5-9-42-28-23(38-33(42)37-3)16-21(30(35)47)18-26(28)50-13-7-11-45/h15-19,45-46H,4-14H2,1-3H3,(H2,35,47)(H2,36,48)(H,37,38)(H,39,40,49). The highest BCUT2D eigenvalue weighted by Gasteiger charge is 2.23. The predicted molar refractivity (Wildman–Crippen MR) is 190 cm³/mol. The van der Waals surface area contributed by atoms with Crippen LogP contribution in [0.4, 0.5) is 11.9 Å². The number of carbonyl (C=O) groups is 3. The van der Waals surface area contributed by atoms with Gasteiger partial charge in [-0.05, 0) is 57.0 Å². The monoisotopic (exact) mass is 704 g/mol. The van der Waals surface area contributed by atoms with Gasteiger partial charge in [-0.15, -0.1) is 0 Å². The maximum atomic E-state index is 13.5. The first-order chi connectivity index (χ1) is 24.6. The molecular weight excluding hydrogens is 660 g/mol. The average Bonchev–Trinajstić information content (AvgIpc) is 3.78. The maximum Gasteiger partial charge on any atom is 0.276 e. The van der Waals surface area contributed by atoms with Gasteiger partial charge in [0.1, 0.15) is 28.2 Å². The summed E-state index contributed by atoms with van der Waals surface area (Å²) in [7, 11) is 1.75. The Hall–Kier alpha value is -5.68. The summed E-state index contributed by atoms with van der Waals surface area (Å²) in [4.78, 5) is 47.2. The van der Waals surface area contributed by atoms with E-state index in [1.807, 2.05) is 23.0 Å². The molecule has 0 aliphatic heterocycles. The summed E-state index contributed by atoms with van der Waals surface area (Å²) in [6, 6.07) is 7.99. The Bertz CT molecular complexity index is 2050. The number of carbonyl (C=O) groups excluding carboxylic acids is 3. The van der Waals surface area contributed by atoms with Crippen LogP contribution in [0.25, 0.3) is 22.1 Å². The van der Waals surface area contributed by atoms with E-state index in [1.54, 1.807) is 36.0 Å². The van der Waals surface area contributed by atoms with E-state index in [4.69, 9.17) is 25.9 Å². The Labute approximate surface area is 293 Å². The third-order valence-corrected chi connectivity index (χ3v) is 8.20. The van der Waals surface area contributed by atoms with Crippen molar-refractivity contribution in [1.82, 2.24) is 28.9 Å². The third-order valence-electron chi connectivity index (χ3n) is 8.20. The molecule has 0 aliphatic rings. The summed E-state index contributed by atoms with van der Waals surface area (Å²) in [5, 5.41) is 29.1. The minimum atomic E-state index is -0.665. The number of unbranched alkanes of at least 4 members (excludes halogenated alkanes) is 1. The number of aromatic nitrogens is 6. The molecule has 51 heavy (non-hydrogen) atoms. The summed E-state index contributed by atoms with van der Waals surface area (Å²) in [6.45, 7) is 5.35. The smallest absolute Gasteiger partial charge is 0.276 e. The molecule has 3 amide bonds. The van der Waals surface area contributed by atoms with E-state index in [-0.39, 0.29) is 43.5 Å². The molecule has 3 aromatic heterocycles. The number of nitrogens with one attached hydrogen (secondary N) is 2. The number of hydrogen-bond acceptors (Lipinski definition) is 11. The van der Waals surface area contributed by atoms with Gasteiger partial charge in [0.15, 0.2) is 0 Å². The largest absolute Gasteiger partial charge is 0.491 e. The quantitative estimate of drug-likeness (QED) is 0.0682. The zero-order valence-corrected chi connectivity index (χ0v) is 28.9. The number of imidazole rings is 2. The van der Waals surface area contributed by atoms with Crippen molar-refractivity contribution in [1.29, 1.82) is 0 Å². The molecule has 5 aromatic rings. The van der Waals surface area contributed by atoms with Crippen molar-refractivity contribution >= 4 is 51.7 Å². The highest BCUT2D eigenvalue weighted by Crippen LogP contribution is 2.33. The van der Waals surface area contributed by atoms with E-state index >= 15 is 0 Å². The van der Waals surface area contributed by atoms with Gasteiger partial charge in [-0.25, -0.2) is 9.97 Å². The van der Waals surface area contributed by atoms with E-state index < -0.39 is 17.7 Å². The summed E-state index contributed by atoms with van der Waals surface area (Å²) < 4.78 is 17.4. The molecule has 0 spiro atoms. The number of nitrogens with two attached hydrogens (primary N) is 2. The van der Waals surface area contributed by atoms with Crippen molar-refractivity contribution in [2.45, 2.75) is 59.2 Å². The number of aryl methyl sites for hydroxylation is 4. The normalized spacial score (nSPS) is 11.3. The lowest BCUT2D eigenvalue weighted by molar-refractivity contribution is 0.0991. The number of fused-ring (bicyclic) bond motifs is 2. The number of aliphatic hydroxyl groups excluding tert-OH is 2. The van der Waals surface area contributed by atoms with Crippen LogP contribution < -0.4 is 31.6 Å². The third kappa shape index (κ3) is 8.05. The molecule has 17 heteroatoms. The lowest BCUT2D eigenvalue weighted by Crippen LogP contribution is -2.20. The van der Waals surface area contributed by atoms with Crippen LogP contribution in [-0.2, 0) is 19.6 Å². The van der Waals surface area contributed by atoms with Crippen molar-refractivity contribution in [3.63, 3.8) is 0 Å². The van der Waals surface area contributed by atoms with Gasteiger partial charge in [-0.3, -0.25) is 24.4 Å². The van der Waals surface area contributed by atoms with Gasteiger partial charge in [-0.1, -0.05) is 0 Å². The molecule has 17 nitrogen and oxygen atoms in total. The van der Waals surface area contributed by atoms with Crippen LogP contribution >= 0.6 is 0 Å². The van der Waals surface area contributed by atoms with Crippen LogP contribution in [0, 0.1) is 6.92 Å². The van der Waals surface area contributed by atoms with Crippen LogP contribution in [0.5, 0.6) is 11.5 Å². The Morgan fingerprint density at radius 2 is 1.29 bits per heavy atom. The number of anilines is 2. The summed E-state index contributed by atoms with van der Waals surface area (Å²) in [6.07, 6.45) is 1.99. The van der Waals surface area contributed by atoms with E-state index in [0.717, 1.165) is 0 Å². The summed E-state index contributed by atoms with van der Waals surface area (Å²) in [5.41, 5.74) is 14.9. The fraction of sp³-hybridized carbons (Fsp3) is 0.412. The zero-order chi connectivity index (χ0) is 36.7. The number of benzene rings is 2. The first kappa shape index (κ1) is 36.6. The van der Waals surface area contributed by atoms with Crippen LogP contribution in [0.15, 0.2) is 30.3 Å².